The van der Waals surface area contributed by atoms with Gasteiger partial charge in [-0.25, -0.2) is 19.2 Å². The summed E-state index contributed by atoms with van der Waals surface area (Å²) in [5.41, 5.74) is 0.931. The minimum atomic E-state index is -0.540. The average Bonchev–Trinajstić information content (AvgIpc) is 2.47. The smallest absolute Gasteiger partial charge is 0.358 e. The lowest BCUT2D eigenvalue weighted by Gasteiger charge is -2.14. The Labute approximate surface area is 115 Å². The molecule has 0 spiro atoms. The van der Waals surface area contributed by atoms with Crippen LogP contribution in [0.5, 0.6) is 0 Å². The maximum Gasteiger partial charge on any atom is 0.358 e. The number of aromatic nitrogens is 2. The van der Waals surface area contributed by atoms with Crippen molar-refractivity contribution < 1.29 is 13.9 Å². The number of halogens is 1. The van der Waals surface area contributed by atoms with Crippen molar-refractivity contribution in [2.75, 3.05) is 12.4 Å². The Morgan fingerprint density at radius 3 is 2.75 bits per heavy atom. The first-order chi connectivity index (χ1) is 9.60. The van der Waals surface area contributed by atoms with Crippen LogP contribution in [0.1, 0.15) is 29.0 Å². The van der Waals surface area contributed by atoms with Crippen LogP contribution in [-0.2, 0) is 4.74 Å². The largest absolute Gasteiger partial charge is 0.464 e. The SMILES string of the molecule is COC(=O)c1cnc(NC(C)c2cccc(F)c2)cn1. The van der Waals surface area contributed by atoms with Gasteiger partial charge in [0.2, 0.25) is 0 Å². The molecule has 0 aliphatic heterocycles. The molecule has 1 atom stereocenters. The van der Waals surface area contributed by atoms with Crippen LogP contribution in [0.15, 0.2) is 36.7 Å². The number of benzene rings is 1. The summed E-state index contributed by atoms with van der Waals surface area (Å²) in [6, 6.07) is 6.17. The predicted octanol–water partition coefficient (Wildman–Crippen LogP) is 2.58. The minimum absolute atomic E-state index is 0.135. The molecule has 1 aromatic carbocycles. The molecule has 1 aromatic heterocycles. The first-order valence-electron chi connectivity index (χ1n) is 6.02. The molecule has 0 fully saturated rings. The number of ether oxygens (including phenoxy) is 1. The van der Waals surface area contributed by atoms with Gasteiger partial charge in [0, 0.05) is 0 Å². The summed E-state index contributed by atoms with van der Waals surface area (Å²) in [4.78, 5) is 19.2. The third-order valence-electron chi connectivity index (χ3n) is 2.76. The fourth-order valence-corrected chi connectivity index (χ4v) is 1.69. The zero-order valence-corrected chi connectivity index (χ0v) is 11.1. The molecule has 0 radical (unpaired) electrons. The Morgan fingerprint density at radius 1 is 1.35 bits per heavy atom. The van der Waals surface area contributed by atoms with Crippen molar-refractivity contribution in [2.45, 2.75) is 13.0 Å². The molecule has 0 saturated carbocycles. The van der Waals surface area contributed by atoms with E-state index in [1.807, 2.05) is 13.0 Å². The van der Waals surface area contributed by atoms with Crippen molar-refractivity contribution in [2.24, 2.45) is 0 Å². The van der Waals surface area contributed by atoms with Crippen molar-refractivity contribution in [3.63, 3.8) is 0 Å². The fourth-order valence-electron chi connectivity index (χ4n) is 1.69. The Kier molecular flexibility index (Phi) is 4.24. The van der Waals surface area contributed by atoms with Gasteiger partial charge < -0.3 is 10.1 Å². The summed E-state index contributed by atoms with van der Waals surface area (Å²) in [6.45, 7) is 1.88. The third kappa shape index (κ3) is 3.28. The van der Waals surface area contributed by atoms with Crippen LogP contribution in [0.25, 0.3) is 0 Å². The monoisotopic (exact) mass is 275 g/mol. The van der Waals surface area contributed by atoms with E-state index in [4.69, 9.17) is 0 Å². The summed E-state index contributed by atoms with van der Waals surface area (Å²) in [5.74, 6) is -0.333. The number of hydrogen-bond donors (Lipinski definition) is 1. The molecule has 0 bridgehead atoms. The van der Waals surface area contributed by atoms with Crippen LogP contribution in [-0.4, -0.2) is 23.0 Å². The highest BCUT2D eigenvalue weighted by atomic mass is 19.1. The van der Waals surface area contributed by atoms with Gasteiger partial charge in [-0.2, -0.15) is 0 Å². The van der Waals surface area contributed by atoms with Crippen molar-refractivity contribution in [1.82, 2.24) is 9.97 Å². The van der Waals surface area contributed by atoms with E-state index in [9.17, 15) is 9.18 Å². The van der Waals surface area contributed by atoms with Crippen LogP contribution in [0.2, 0.25) is 0 Å². The van der Waals surface area contributed by atoms with Gasteiger partial charge in [0.25, 0.3) is 0 Å². The van der Waals surface area contributed by atoms with Crippen LogP contribution in [0.3, 0.4) is 0 Å². The number of carbonyl (C=O) groups excluding carboxylic acids is 1. The maximum absolute atomic E-state index is 13.1. The molecule has 2 aromatic rings. The average molecular weight is 275 g/mol. The van der Waals surface area contributed by atoms with Crippen molar-refractivity contribution >= 4 is 11.8 Å². The predicted molar refractivity (Wildman–Crippen MR) is 71.8 cm³/mol. The van der Waals surface area contributed by atoms with E-state index in [0.29, 0.717) is 5.82 Å². The molecule has 5 nitrogen and oxygen atoms in total. The van der Waals surface area contributed by atoms with Crippen LogP contribution in [0, 0.1) is 5.82 Å². The number of nitrogens with one attached hydrogen (secondary N) is 1. The number of rotatable bonds is 4. The van der Waals surface area contributed by atoms with Crippen LogP contribution < -0.4 is 5.32 Å². The highest BCUT2D eigenvalue weighted by Crippen LogP contribution is 2.18. The standard InChI is InChI=1S/C14H14FN3O2/c1-9(10-4-3-5-11(15)6-10)18-13-8-16-12(7-17-13)14(19)20-2/h3-9H,1-2H3,(H,17,18). The molecule has 0 saturated heterocycles. The quantitative estimate of drug-likeness (QED) is 0.869. The summed E-state index contributed by atoms with van der Waals surface area (Å²) < 4.78 is 17.7. The van der Waals surface area contributed by atoms with Crippen LogP contribution in [0.4, 0.5) is 10.2 Å². The molecule has 0 amide bonds. The molecule has 1 unspecified atom stereocenters. The second-order valence-corrected chi connectivity index (χ2v) is 4.20. The van der Waals surface area contributed by atoms with Gasteiger partial charge in [0.05, 0.1) is 25.5 Å². The summed E-state index contributed by atoms with van der Waals surface area (Å²) in [6.07, 6.45) is 2.76. The number of carbonyl (C=O) groups is 1. The van der Waals surface area contributed by atoms with Crippen molar-refractivity contribution in [1.29, 1.82) is 0 Å². The first kappa shape index (κ1) is 13.9. The molecule has 1 heterocycles. The topological polar surface area (TPSA) is 64.1 Å². The fraction of sp³-hybridized carbons (Fsp3) is 0.214. The third-order valence-corrected chi connectivity index (χ3v) is 2.76. The van der Waals surface area contributed by atoms with Crippen molar-refractivity contribution in [3.8, 4) is 0 Å². The summed E-state index contributed by atoms with van der Waals surface area (Å²) in [7, 11) is 1.28. The Hall–Kier alpha value is -2.50. The van der Waals surface area contributed by atoms with E-state index in [1.54, 1.807) is 6.07 Å². The van der Waals surface area contributed by atoms with Gasteiger partial charge in [0.1, 0.15) is 11.6 Å². The first-order valence-corrected chi connectivity index (χ1v) is 6.02. The molecule has 104 valence electrons. The molecule has 0 aliphatic carbocycles. The van der Waals surface area contributed by atoms with E-state index >= 15 is 0 Å². The Balaban J connectivity index is 2.08. The summed E-state index contributed by atoms with van der Waals surface area (Å²) in [5, 5.41) is 3.08. The van der Waals surface area contributed by atoms with E-state index in [-0.39, 0.29) is 17.6 Å². The highest BCUT2D eigenvalue weighted by Gasteiger charge is 2.10. The van der Waals surface area contributed by atoms with E-state index in [1.165, 1.54) is 31.6 Å². The number of esters is 1. The lowest BCUT2D eigenvalue weighted by molar-refractivity contribution is 0.0593. The lowest BCUT2D eigenvalue weighted by atomic mass is 10.1. The second-order valence-electron chi connectivity index (χ2n) is 4.20. The van der Waals surface area contributed by atoms with Gasteiger partial charge >= 0.3 is 5.97 Å². The number of anilines is 1. The molecular weight excluding hydrogens is 261 g/mol. The van der Waals surface area contributed by atoms with Gasteiger partial charge in [0.15, 0.2) is 5.69 Å². The second kappa shape index (κ2) is 6.10. The van der Waals surface area contributed by atoms with E-state index in [0.717, 1.165) is 5.56 Å². The van der Waals surface area contributed by atoms with Crippen molar-refractivity contribution in [3.05, 3.63) is 53.7 Å². The van der Waals surface area contributed by atoms with Gasteiger partial charge in [-0.3, -0.25) is 0 Å². The molecule has 20 heavy (non-hydrogen) atoms. The molecule has 1 N–H and O–H groups in total. The molecule has 2 rings (SSSR count). The summed E-state index contributed by atoms with van der Waals surface area (Å²) >= 11 is 0. The van der Waals surface area contributed by atoms with E-state index in [2.05, 4.69) is 20.0 Å². The highest BCUT2D eigenvalue weighted by molar-refractivity contribution is 5.86. The molecular formula is C14H14FN3O2. The normalized spacial score (nSPS) is 11.8. The number of methoxy groups -OCH3 is 1. The van der Waals surface area contributed by atoms with Gasteiger partial charge in [-0.05, 0) is 24.6 Å². The minimum Gasteiger partial charge on any atom is -0.464 e. The number of hydrogen-bond acceptors (Lipinski definition) is 5. The van der Waals surface area contributed by atoms with E-state index < -0.39 is 5.97 Å². The molecule has 0 aliphatic rings. The molecule has 6 heteroatoms. The van der Waals surface area contributed by atoms with Gasteiger partial charge in [-0.1, -0.05) is 12.1 Å². The van der Waals surface area contributed by atoms with Gasteiger partial charge in [-0.15, -0.1) is 0 Å². The lowest BCUT2D eigenvalue weighted by Crippen LogP contribution is -2.10. The number of nitrogens with zero attached hydrogens (tertiary/aromatic N) is 2. The maximum atomic E-state index is 13.1. The Morgan fingerprint density at radius 2 is 2.15 bits per heavy atom. The zero-order chi connectivity index (χ0) is 14.5. The zero-order valence-electron chi connectivity index (χ0n) is 11.1. The van der Waals surface area contributed by atoms with Crippen LogP contribution >= 0.6 is 0 Å². The Bertz CT molecular complexity index is 602.